The third-order valence-corrected chi connectivity index (χ3v) is 5.81. The van der Waals surface area contributed by atoms with Crippen LogP contribution in [-0.2, 0) is 11.2 Å². The number of likely N-dealkylation sites (tertiary alicyclic amines) is 1. The van der Waals surface area contributed by atoms with Gasteiger partial charge < -0.3 is 14.9 Å². The first-order valence-corrected chi connectivity index (χ1v) is 8.95. The first-order chi connectivity index (χ1) is 11.2. The lowest BCUT2D eigenvalue weighted by Gasteiger charge is -2.47. The summed E-state index contributed by atoms with van der Waals surface area (Å²) in [6, 6.07) is 7.92. The van der Waals surface area contributed by atoms with E-state index in [2.05, 4.69) is 11.0 Å². The van der Waals surface area contributed by atoms with Gasteiger partial charge in [0.2, 0.25) is 5.91 Å². The van der Waals surface area contributed by atoms with Crippen molar-refractivity contribution in [3.63, 3.8) is 0 Å². The van der Waals surface area contributed by atoms with Crippen LogP contribution in [0.4, 0.5) is 0 Å². The van der Waals surface area contributed by atoms with E-state index in [1.807, 2.05) is 32.0 Å². The van der Waals surface area contributed by atoms with Crippen molar-refractivity contribution in [3.8, 4) is 0 Å². The average Bonchev–Trinajstić information content (AvgIpc) is 2.54. The lowest BCUT2D eigenvalue weighted by atomic mass is 9.68. The molecule has 1 amide bonds. The van der Waals surface area contributed by atoms with Gasteiger partial charge >= 0.3 is 0 Å². The minimum absolute atomic E-state index is 0.0190. The molecule has 1 heterocycles. The summed E-state index contributed by atoms with van der Waals surface area (Å²) >= 11 is 6.21. The van der Waals surface area contributed by atoms with Gasteiger partial charge in [-0.25, -0.2) is 0 Å². The summed E-state index contributed by atoms with van der Waals surface area (Å²) in [5, 5.41) is 11.9. The molecule has 1 aliphatic rings. The lowest BCUT2D eigenvalue weighted by molar-refractivity contribution is -0.162. The molecule has 2 rings (SSSR count). The predicted molar refractivity (Wildman–Crippen MR) is 98.3 cm³/mol. The quantitative estimate of drug-likeness (QED) is 0.886. The Balaban J connectivity index is 1.93. The van der Waals surface area contributed by atoms with Crippen molar-refractivity contribution in [2.45, 2.75) is 38.7 Å². The van der Waals surface area contributed by atoms with Crippen LogP contribution in [0.1, 0.15) is 32.3 Å². The molecule has 1 fully saturated rings. The van der Waals surface area contributed by atoms with Crippen LogP contribution < -0.4 is 0 Å². The zero-order chi connectivity index (χ0) is 18.0. The molecule has 1 aromatic carbocycles. The maximum atomic E-state index is 12.4. The lowest BCUT2D eigenvalue weighted by Crippen LogP contribution is -2.58. The van der Waals surface area contributed by atoms with E-state index in [1.54, 1.807) is 19.0 Å². The molecule has 24 heavy (non-hydrogen) atoms. The van der Waals surface area contributed by atoms with E-state index in [4.69, 9.17) is 11.6 Å². The topological polar surface area (TPSA) is 43.8 Å². The molecular weight excluding hydrogens is 324 g/mol. The van der Waals surface area contributed by atoms with E-state index < -0.39 is 11.0 Å². The molecule has 1 aliphatic heterocycles. The summed E-state index contributed by atoms with van der Waals surface area (Å²) in [6.07, 6.45) is 2.13. The van der Waals surface area contributed by atoms with E-state index >= 15 is 0 Å². The molecule has 1 N–H and O–H groups in total. The Labute approximate surface area is 150 Å². The molecule has 0 aromatic heterocycles. The standard InChI is InChI=1S/C19H29ClN2O2/c1-18(2,17(23)21(3)4)19(24)10-13-22(14-11-19)12-9-15-7-5-6-8-16(15)20/h5-8,24H,9-14H2,1-4H3. The van der Waals surface area contributed by atoms with Crippen LogP contribution >= 0.6 is 11.6 Å². The van der Waals surface area contributed by atoms with Gasteiger partial charge in [0.25, 0.3) is 0 Å². The van der Waals surface area contributed by atoms with Gasteiger partial charge in [0, 0.05) is 38.8 Å². The zero-order valence-electron chi connectivity index (χ0n) is 15.2. The Morgan fingerprint density at radius 2 is 1.88 bits per heavy atom. The highest BCUT2D eigenvalue weighted by Crippen LogP contribution is 2.40. The fourth-order valence-corrected chi connectivity index (χ4v) is 3.74. The first-order valence-electron chi connectivity index (χ1n) is 8.57. The fraction of sp³-hybridized carbons (Fsp3) is 0.632. The number of carbonyl (C=O) groups is 1. The van der Waals surface area contributed by atoms with E-state index in [0.29, 0.717) is 12.8 Å². The van der Waals surface area contributed by atoms with Gasteiger partial charge in [-0.05, 0) is 44.7 Å². The Hall–Kier alpha value is -1.10. The third-order valence-electron chi connectivity index (χ3n) is 5.44. The minimum Gasteiger partial charge on any atom is -0.389 e. The molecule has 0 aliphatic carbocycles. The maximum Gasteiger partial charge on any atom is 0.230 e. The summed E-state index contributed by atoms with van der Waals surface area (Å²) in [7, 11) is 3.48. The van der Waals surface area contributed by atoms with Gasteiger partial charge in [0.05, 0.1) is 11.0 Å². The number of aliphatic hydroxyl groups is 1. The Morgan fingerprint density at radius 3 is 2.42 bits per heavy atom. The molecule has 0 atom stereocenters. The van der Waals surface area contributed by atoms with Crippen LogP contribution in [0, 0.1) is 5.41 Å². The Kier molecular flexibility index (Phi) is 5.95. The summed E-state index contributed by atoms with van der Waals surface area (Å²) < 4.78 is 0. The second-order valence-corrected chi connectivity index (χ2v) is 7.95. The van der Waals surface area contributed by atoms with Gasteiger partial charge in [-0.3, -0.25) is 4.79 Å². The van der Waals surface area contributed by atoms with Gasteiger partial charge in [-0.15, -0.1) is 0 Å². The van der Waals surface area contributed by atoms with Crippen LogP contribution in [0.5, 0.6) is 0 Å². The second kappa shape index (κ2) is 7.42. The van der Waals surface area contributed by atoms with Crippen LogP contribution in [0.3, 0.4) is 0 Å². The number of hydrogen-bond acceptors (Lipinski definition) is 3. The number of hydrogen-bond donors (Lipinski definition) is 1. The molecule has 0 unspecified atom stereocenters. The monoisotopic (exact) mass is 352 g/mol. The summed E-state index contributed by atoms with van der Waals surface area (Å²) in [4.78, 5) is 16.3. The highest BCUT2D eigenvalue weighted by atomic mass is 35.5. The van der Waals surface area contributed by atoms with Crippen molar-refractivity contribution in [3.05, 3.63) is 34.9 Å². The molecule has 4 nitrogen and oxygen atoms in total. The van der Waals surface area contributed by atoms with Crippen molar-refractivity contribution >= 4 is 17.5 Å². The number of nitrogens with zero attached hydrogens (tertiary/aromatic N) is 2. The number of carbonyl (C=O) groups excluding carboxylic acids is 1. The van der Waals surface area contributed by atoms with Crippen molar-refractivity contribution < 1.29 is 9.90 Å². The van der Waals surface area contributed by atoms with Crippen molar-refractivity contribution in [1.82, 2.24) is 9.80 Å². The Morgan fingerprint density at radius 1 is 1.29 bits per heavy atom. The minimum atomic E-state index is -0.949. The molecule has 0 radical (unpaired) electrons. The molecule has 0 bridgehead atoms. The van der Waals surface area contributed by atoms with E-state index in [1.165, 1.54) is 0 Å². The SMILES string of the molecule is CN(C)C(=O)C(C)(C)C1(O)CCN(CCc2ccccc2Cl)CC1. The van der Waals surface area contributed by atoms with E-state index in [-0.39, 0.29) is 5.91 Å². The van der Waals surface area contributed by atoms with Crippen molar-refractivity contribution in [1.29, 1.82) is 0 Å². The smallest absolute Gasteiger partial charge is 0.230 e. The zero-order valence-corrected chi connectivity index (χ0v) is 15.9. The molecular formula is C19H29ClN2O2. The first kappa shape index (κ1) is 19.2. The molecule has 0 spiro atoms. The van der Waals surface area contributed by atoms with Crippen molar-refractivity contribution in [2.75, 3.05) is 33.7 Å². The van der Waals surface area contributed by atoms with Gasteiger partial charge in [-0.2, -0.15) is 0 Å². The van der Waals surface area contributed by atoms with Crippen LogP contribution in [0.15, 0.2) is 24.3 Å². The normalized spacial score (nSPS) is 18.4. The second-order valence-electron chi connectivity index (χ2n) is 7.54. The van der Waals surface area contributed by atoms with Gasteiger partial charge in [0.15, 0.2) is 0 Å². The molecule has 1 aromatic rings. The molecule has 0 saturated carbocycles. The molecule has 134 valence electrons. The van der Waals surface area contributed by atoms with Gasteiger partial charge in [0.1, 0.15) is 0 Å². The summed E-state index contributed by atoms with van der Waals surface area (Å²) in [5.74, 6) is -0.0190. The number of benzene rings is 1. The third kappa shape index (κ3) is 3.93. The largest absolute Gasteiger partial charge is 0.389 e. The Bertz CT molecular complexity index is 578. The predicted octanol–water partition coefficient (Wildman–Crippen LogP) is 2.82. The van der Waals surface area contributed by atoms with Crippen molar-refractivity contribution in [2.24, 2.45) is 5.41 Å². The molecule has 1 saturated heterocycles. The maximum absolute atomic E-state index is 12.4. The number of piperidine rings is 1. The fourth-order valence-electron chi connectivity index (χ4n) is 3.51. The highest BCUT2D eigenvalue weighted by Gasteiger charge is 2.50. The number of amides is 1. The van der Waals surface area contributed by atoms with Gasteiger partial charge in [-0.1, -0.05) is 29.8 Å². The van der Waals surface area contributed by atoms with Crippen LogP contribution in [-0.4, -0.2) is 60.1 Å². The molecule has 5 heteroatoms. The van der Waals surface area contributed by atoms with Crippen LogP contribution in [0.2, 0.25) is 5.02 Å². The van der Waals surface area contributed by atoms with E-state index in [0.717, 1.165) is 36.6 Å². The van der Waals surface area contributed by atoms with E-state index in [9.17, 15) is 9.90 Å². The summed E-state index contributed by atoms with van der Waals surface area (Å²) in [6.45, 7) is 6.22. The number of rotatable bonds is 5. The van der Waals surface area contributed by atoms with Crippen LogP contribution in [0.25, 0.3) is 0 Å². The highest BCUT2D eigenvalue weighted by molar-refractivity contribution is 6.31. The average molecular weight is 353 g/mol. The number of halogens is 1. The summed E-state index contributed by atoms with van der Waals surface area (Å²) in [5.41, 5.74) is -0.566.